The first-order chi connectivity index (χ1) is 8.75. The molecule has 0 atom stereocenters. The lowest BCUT2D eigenvalue weighted by Crippen LogP contribution is -2.41. The molecule has 18 heavy (non-hydrogen) atoms. The molecule has 0 radical (unpaired) electrons. The van der Waals surface area contributed by atoms with Crippen LogP contribution in [0.3, 0.4) is 0 Å². The molecule has 0 bridgehead atoms. The second-order valence-corrected chi connectivity index (χ2v) is 5.26. The van der Waals surface area contributed by atoms with Gasteiger partial charge in [-0.2, -0.15) is 0 Å². The summed E-state index contributed by atoms with van der Waals surface area (Å²) in [6.07, 6.45) is 7.50. The van der Waals surface area contributed by atoms with E-state index in [2.05, 4.69) is 0 Å². The molecular weight excluding hydrogens is 232 g/mol. The summed E-state index contributed by atoms with van der Waals surface area (Å²) in [6.45, 7) is 2.17. The van der Waals surface area contributed by atoms with E-state index >= 15 is 0 Å². The van der Waals surface area contributed by atoms with Gasteiger partial charge in [-0.15, -0.1) is 0 Å². The molecule has 1 aliphatic heterocycles. The molecule has 98 valence electrons. The van der Waals surface area contributed by atoms with Crippen LogP contribution in [0.2, 0.25) is 0 Å². The van der Waals surface area contributed by atoms with Gasteiger partial charge in [0.05, 0.1) is 0 Å². The van der Waals surface area contributed by atoms with Gasteiger partial charge in [0.1, 0.15) is 0 Å². The highest BCUT2D eigenvalue weighted by atomic mass is 16.5. The standard InChI is InChI=1S/C13H18N2O3/c16-12-13(17)15(11-1-2-11)6-5-14(12)9-10-3-7-18-8-4-10/h5-6,10-11H,1-4,7-9H2. The van der Waals surface area contributed by atoms with E-state index in [0.29, 0.717) is 12.5 Å². The molecule has 2 heterocycles. The van der Waals surface area contributed by atoms with Crippen molar-refractivity contribution in [2.45, 2.75) is 38.3 Å². The average molecular weight is 250 g/mol. The van der Waals surface area contributed by atoms with Crippen molar-refractivity contribution in [3.05, 3.63) is 33.1 Å². The maximum absolute atomic E-state index is 12.0. The van der Waals surface area contributed by atoms with E-state index in [9.17, 15) is 9.59 Å². The number of rotatable bonds is 3. The Morgan fingerprint density at radius 2 is 1.78 bits per heavy atom. The van der Waals surface area contributed by atoms with Crippen molar-refractivity contribution in [1.29, 1.82) is 0 Å². The van der Waals surface area contributed by atoms with E-state index in [0.717, 1.165) is 38.9 Å². The Balaban J connectivity index is 1.82. The van der Waals surface area contributed by atoms with Gasteiger partial charge in [-0.25, -0.2) is 0 Å². The highest BCUT2D eigenvalue weighted by Gasteiger charge is 2.25. The number of aromatic nitrogens is 2. The molecule has 0 spiro atoms. The molecule has 1 saturated heterocycles. The SMILES string of the molecule is O=c1c(=O)n(C2CC2)ccn1CC1CCOCC1. The fourth-order valence-electron chi connectivity index (χ4n) is 2.51. The van der Waals surface area contributed by atoms with Crippen LogP contribution in [0.15, 0.2) is 22.0 Å². The number of hydrogen-bond donors (Lipinski definition) is 0. The van der Waals surface area contributed by atoms with Crippen LogP contribution in [-0.4, -0.2) is 22.3 Å². The first kappa shape index (κ1) is 11.7. The number of nitrogens with zero attached hydrogens (tertiary/aromatic N) is 2. The van der Waals surface area contributed by atoms with Crippen LogP contribution in [-0.2, 0) is 11.3 Å². The highest BCUT2D eigenvalue weighted by molar-refractivity contribution is 4.93. The molecule has 3 rings (SSSR count). The molecule has 0 aromatic carbocycles. The molecule has 1 aromatic rings. The zero-order valence-corrected chi connectivity index (χ0v) is 10.4. The van der Waals surface area contributed by atoms with Crippen LogP contribution < -0.4 is 11.1 Å². The molecule has 1 saturated carbocycles. The van der Waals surface area contributed by atoms with Gasteiger partial charge in [-0.05, 0) is 31.6 Å². The summed E-state index contributed by atoms with van der Waals surface area (Å²) >= 11 is 0. The van der Waals surface area contributed by atoms with E-state index in [1.807, 2.05) is 0 Å². The van der Waals surface area contributed by atoms with Gasteiger partial charge in [0, 0.05) is 38.2 Å². The molecular formula is C13H18N2O3. The van der Waals surface area contributed by atoms with Gasteiger partial charge >= 0.3 is 11.1 Å². The molecule has 2 aliphatic rings. The first-order valence-corrected chi connectivity index (χ1v) is 6.65. The van der Waals surface area contributed by atoms with Gasteiger partial charge in [0.25, 0.3) is 0 Å². The minimum Gasteiger partial charge on any atom is -0.381 e. The van der Waals surface area contributed by atoms with E-state index < -0.39 is 0 Å². The predicted molar refractivity (Wildman–Crippen MR) is 66.8 cm³/mol. The molecule has 5 heteroatoms. The molecule has 5 nitrogen and oxygen atoms in total. The molecule has 0 N–H and O–H groups in total. The Morgan fingerprint density at radius 1 is 1.06 bits per heavy atom. The second kappa shape index (κ2) is 4.72. The first-order valence-electron chi connectivity index (χ1n) is 6.65. The van der Waals surface area contributed by atoms with Crippen molar-refractivity contribution in [3.8, 4) is 0 Å². The summed E-state index contributed by atoms with van der Waals surface area (Å²) in [5, 5.41) is 0. The van der Waals surface area contributed by atoms with Crippen molar-refractivity contribution in [2.24, 2.45) is 5.92 Å². The van der Waals surface area contributed by atoms with Gasteiger partial charge in [0.2, 0.25) is 0 Å². The largest absolute Gasteiger partial charge is 0.381 e. The maximum Gasteiger partial charge on any atom is 0.316 e. The summed E-state index contributed by atoms with van der Waals surface area (Å²) in [4.78, 5) is 23.9. The maximum atomic E-state index is 12.0. The molecule has 0 amide bonds. The third-order valence-electron chi connectivity index (χ3n) is 3.82. The quantitative estimate of drug-likeness (QED) is 0.745. The van der Waals surface area contributed by atoms with Gasteiger partial charge < -0.3 is 13.9 Å². The summed E-state index contributed by atoms with van der Waals surface area (Å²) in [6, 6.07) is 0.267. The van der Waals surface area contributed by atoms with Crippen molar-refractivity contribution < 1.29 is 4.74 Å². The Hall–Kier alpha value is -1.36. The minimum absolute atomic E-state index is 0.267. The van der Waals surface area contributed by atoms with Crippen molar-refractivity contribution >= 4 is 0 Å². The Labute approximate surface area is 105 Å². The normalized spacial score (nSPS) is 21.1. The lowest BCUT2D eigenvalue weighted by Gasteiger charge is -2.22. The lowest BCUT2D eigenvalue weighted by molar-refractivity contribution is 0.0608. The summed E-state index contributed by atoms with van der Waals surface area (Å²) in [7, 11) is 0. The number of hydrogen-bond acceptors (Lipinski definition) is 3. The summed E-state index contributed by atoms with van der Waals surface area (Å²) in [5.41, 5.74) is -0.747. The Morgan fingerprint density at radius 3 is 2.44 bits per heavy atom. The van der Waals surface area contributed by atoms with Crippen LogP contribution >= 0.6 is 0 Å². The zero-order chi connectivity index (χ0) is 12.5. The second-order valence-electron chi connectivity index (χ2n) is 5.26. The summed E-state index contributed by atoms with van der Waals surface area (Å²) in [5.74, 6) is 0.452. The predicted octanol–water partition coefficient (Wildman–Crippen LogP) is 0.771. The van der Waals surface area contributed by atoms with Gasteiger partial charge in [-0.3, -0.25) is 9.59 Å². The van der Waals surface area contributed by atoms with Crippen molar-refractivity contribution in [1.82, 2.24) is 9.13 Å². The van der Waals surface area contributed by atoms with E-state index in [4.69, 9.17) is 4.74 Å². The van der Waals surface area contributed by atoms with Gasteiger partial charge in [0.15, 0.2) is 0 Å². The van der Waals surface area contributed by atoms with E-state index in [1.165, 1.54) is 0 Å². The van der Waals surface area contributed by atoms with Crippen molar-refractivity contribution in [2.75, 3.05) is 13.2 Å². The van der Waals surface area contributed by atoms with Gasteiger partial charge in [-0.1, -0.05) is 0 Å². The highest BCUT2D eigenvalue weighted by Crippen LogP contribution is 2.32. The fourth-order valence-corrected chi connectivity index (χ4v) is 2.51. The van der Waals surface area contributed by atoms with Crippen LogP contribution in [0.4, 0.5) is 0 Å². The van der Waals surface area contributed by atoms with Crippen LogP contribution in [0.25, 0.3) is 0 Å². The van der Waals surface area contributed by atoms with Crippen LogP contribution in [0.1, 0.15) is 31.7 Å². The monoisotopic (exact) mass is 250 g/mol. The third kappa shape index (κ3) is 2.27. The number of ether oxygens (including phenoxy) is 1. The zero-order valence-electron chi connectivity index (χ0n) is 10.4. The Kier molecular flexibility index (Phi) is 3.07. The molecule has 0 unspecified atom stereocenters. The lowest BCUT2D eigenvalue weighted by atomic mass is 10.0. The average Bonchev–Trinajstić information content (AvgIpc) is 3.21. The van der Waals surface area contributed by atoms with E-state index in [1.54, 1.807) is 21.5 Å². The van der Waals surface area contributed by atoms with Crippen molar-refractivity contribution in [3.63, 3.8) is 0 Å². The third-order valence-corrected chi connectivity index (χ3v) is 3.82. The smallest absolute Gasteiger partial charge is 0.316 e. The topological polar surface area (TPSA) is 53.2 Å². The minimum atomic E-state index is -0.379. The Bertz CT molecular complexity index is 536. The summed E-state index contributed by atoms with van der Waals surface area (Å²) < 4.78 is 8.45. The van der Waals surface area contributed by atoms with Crippen LogP contribution in [0, 0.1) is 5.92 Å². The molecule has 1 aromatic heterocycles. The van der Waals surface area contributed by atoms with Crippen LogP contribution in [0.5, 0.6) is 0 Å². The van der Waals surface area contributed by atoms with E-state index in [-0.39, 0.29) is 17.2 Å². The fraction of sp³-hybridized carbons (Fsp3) is 0.692. The molecule has 1 aliphatic carbocycles. The molecule has 2 fully saturated rings.